The Hall–Kier alpha value is -4.53. The summed E-state index contributed by atoms with van der Waals surface area (Å²) in [4.78, 5) is 87.9. The number of carbonyl (C=O) groups is 6. The van der Waals surface area contributed by atoms with Gasteiger partial charge in [0.05, 0.1) is 42.7 Å². The molecule has 18 N–H and O–H groups in total. The second-order valence-corrected chi connectivity index (χ2v) is 18.8. The molecular formula is C40H66N8O19S. The third kappa shape index (κ3) is 14.7. The maximum absolute atomic E-state index is 14.7. The van der Waals surface area contributed by atoms with Gasteiger partial charge in [0.15, 0.2) is 11.5 Å². The van der Waals surface area contributed by atoms with Crippen molar-refractivity contribution in [2.24, 2.45) is 17.6 Å². The number of nitrogens with two attached hydrogens (primary N) is 1. The van der Waals surface area contributed by atoms with Crippen LogP contribution in [0.25, 0.3) is 0 Å². The van der Waals surface area contributed by atoms with Crippen LogP contribution in [-0.4, -0.2) is 236 Å². The Labute approximate surface area is 392 Å². The molecule has 0 aromatic heterocycles. The second kappa shape index (κ2) is 24.3. The first-order valence-corrected chi connectivity index (χ1v) is 23.2. The number of benzene rings is 1. The third-order valence-corrected chi connectivity index (χ3v) is 12.4. The van der Waals surface area contributed by atoms with Crippen LogP contribution >= 0.6 is 11.2 Å². The van der Waals surface area contributed by atoms with Gasteiger partial charge in [-0.3, -0.25) is 42.4 Å². The molecule has 6 amide bonds. The lowest BCUT2D eigenvalue weighted by Crippen LogP contribution is -2.64. The van der Waals surface area contributed by atoms with E-state index in [9.17, 15) is 88.4 Å². The smallest absolute Gasteiger partial charge is 0.266 e. The van der Waals surface area contributed by atoms with Gasteiger partial charge in [-0.15, -0.1) is 0 Å². The van der Waals surface area contributed by atoms with E-state index in [1.54, 1.807) is 11.9 Å². The number of aliphatic hydroxyl groups excluding tert-OH is 8. The summed E-state index contributed by atoms with van der Waals surface area (Å²) in [6.45, 7) is 0.549. The number of phenolic OH excluding ortho intramolecular Hbond substituents is 1. The molecule has 4 rings (SSSR count). The Bertz CT molecular complexity index is 1930. The molecule has 68 heavy (non-hydrogen) atoms. The molecule has 0 radical (unpaired) electrons. The van der Waals surface area contributed by atoms with Gasteiger partial charge in [0.1, 0.15) is 30.2 Å². The zero-order valence-electron chi connectivity index (χ0n) is 37.6. The lowest BCUT2D eigenvalue weighted by atomic mass is 9.98. The maximum atomic E-state index is 14.7. The molecular weight excluding hydrogens is 929 g/mol. The number of carbonyl (C=O) groups excluding carboxylic acids is 6. The molecule has 0 saturated carbocycles. The van der Waals surface area contributed by atoms with Gasteiger partial charge in [-0.05, 0) is 44.5 Å². The lowest BCUT2D eigenvalue weighted by molar-refractivity contribution is -0.147. The summed E-state index contributed by atoms with van der Waals surface area (Å²) >= 11 is -4.69. The summed E-state index contributed by atoms with van der Waals surface area (Å²) in [5.74, 6) is -9.60. The number of nitrogens with one attached hydrogen (secondary N) is 4. The summed E-state index contributed by atoms with van der Waals surface area (Å²) in [5, 5.41) is 106. The number of fused-ring (bicyclic) bond motifs is 2. The summed E-state index contributed by atoms with van der Waals surface area (Å²) in [6.07, 6.45) is -11.9. The molecule has 13 atom stereocenters. The number of rotatable bonds is 14. The number of hydrogen-bond acceptors (Lipinski definition) is 21. The van der Waals surface area contributed by atoms with E-state index in [2.05, 4.69) is 25.5 Å². The quantitative estimate of drug-likeness (QED) is 0.0824. The minimum Gasteiger partial charge on any atom is -0.504 e. The molecule has 3 heterocycles. The maximum Gasteiger partial charge on any atom is 0.266 e. The predicted octanol–water partition coefficient (Wildman–Crippen LogP) is -6.69. The van der Waals surface area contributed by atoms with E-state index in [0.29, 0.717) is 0 Å². The molecule has 27 nitrogen and oxygen atoms in total. The molecule has 0 bridgehead atoms. The van der Waals surface area contributed by atoms with Crippen LogP contribution in [0.4, 0.5) is 0 Å². The minimum absolute atomic E-state index is 0.0223. The van der Waals surface area contributed by atoms with Crippen LogP contribution in [0.2, 0.25) is 0 Å². The first-order chi connectivity index (χ1) is 31.8. The number of phenols is 1. The van der Waals surface area contributed by atoms with E-state index in [0.717, 1.165) is 28.9 Å². The summed E-state index contributed by atoms with van der Waals surface area (Å²) in [5.41, 5.74) is 6.01. The van der Waals surface area contributed by atoms with Gasteiger partial charge in [-0.2, -0.15) is 0 Å². The average Bonchev–Trinajstić information content (AvgIpc) is 3.81. The van der Waals surface area contributed by atoms with E-state index in [-0.39, 0.29) is 44.8 Å². The van der Waals surface area contributed by atoms with Crippen LogP contribution in [0, 0.1) is 11.8 Å². The molecule has 386 valence electrons. The molecule has 0 aliphatic carbocycles. The van der Waals surface area contributed by atoms with Crippen molar-refractivity contribution in [2.75, 3.05) is 53.0 Å². The van der Waals surface area contributed by atoms with Crippen molar-refractivity contribution in [1.29, 1.82) is 0 Å². The number of nitrogens with zero attached hydrogens (tertiary/aromatic N) is 3. The molecule has 1 unspecified atom stereocenters. The molecule has 28 heteroatoms. The first-order valence-electron chi connectivity index (χ1n) is 21.8. The summed E-state index contributed by atoms with van der Waals surface area (Å²) in [6, 6.07) is -7.78. The fraction of sp³-hybridized carbons (Fsp3) is 0.700. The topological polar surface area (TPSA) is 438 Å². The van der Waals surface area contributed by atoms with Gasteiger partial charge < -0.3 is 91.8 Å². The molecule has 1 aromatic rings. The Morgan fingerprint density at radius 3 is 2.06 bits per heavy atom. The average molecular weight is 995 g/mol. The number of aliphatic hydroxyl groups is 8. The molecule has 3 saturated heterocycles. The van der Waals surface area contributed by atoms with Crippen molar-refractivity contribution in [3.63, 3.8) is 0 Å². The summed E-state index contributed by atoms with van der Waals surface area (Å²) < 4.78 is 32.9. The SMILES string of the molecule is C[C@@H](O)[C@@H]1NC(=O)C(N)C[C@@H](O)CNC(=O)[C@@H]2[C@@H](O)[C@@H](C)CN2C(=O)[C@H]([C@H](O)CCN(C)CC(CO)CO)NC(=O)[C@H]([C@H](O)Cc2ccc(O)c(OS(O)(O)O)c2)NC(=O)[C@@H]2C[C@@H](O)CN2C1=O. The Kier molecular flexibility index (Phi) is 20.1. The van der Waals surface area contributed by atoms with Crippen LogP contribution in [0.3, 0.4) is 0 Å². The highest BCUT2D eigenvalue weighted by molar-refractivity contribution is 8.15. The van der Waals surface area contributed by atoms with Crippen LogP contribution in [-0.2, 0) is 35.2 Å². The lowest BCUT2D eigenvalue weighted by Gasteiger charge is -2.34. The van der Waals surface area contributed by atoms with Crippen molar-refractivity contribution in [1.82, 2.24) is 36.0 Å². The number of β-amino-alcohol motifs (C(OH)–C–C–N with tert-alkyl or cyclic N) is 1. The third-order valence-electron chi connectivity index (χ3n) is 12.0. The van der Waals surface area contributed by atoms with E-state index in [1.165, 1.54) is 13.0 Å². The van der Waals surface area contributed by atoms with Crippen LogP contribution < -0.4 is 31.2 Å². The Morgan fingerprint density at radius 2 is 1.44 bits per heavy atom. The molecule has 3 fully saturated rings. The van der Waals surface area contributed by atoms with Crippen LogP contribution in [0.1, 0.15) is 38.7 Å². The normalized spacial score (nSPS) is 30.1. The highest BCUT2D eigenvalue weighted by Gasteiger charge is 2.49. The van der Waals surface area contributed by atoms with Gasteiger partial charge in [-0.1, -0.05) is 13.0 Å². The van der Waals surface area contributed by atoms with Gasteiger partial charge in [0.2, 0.25) is 35.4 Å². The number of aromatic hydroxyl groups is 1. The van der Waals surface area contributed by atoms with Gasteiger partial charge in [-0.25, -0.2) is 0 Å². The van der Waals surface area contributed by atoms with Crippen LogP contribution in [0.15, 0.2) is 18.2 Å². The highest BCUT2D eigenvalue weighted by atomic mass is 32.3. The molecule has 3 aliphatic heterocycles. The fourth-order valence-electron chi connectivity index (χ4n) is 8.28. The molecule has 3 aliphatic rings. The minimum atomic E-state index is -4.69. The second-order valence-electron chi connectivity index (χ2n) is 17.7. The number of amides is 6. The standard InChI is InChI=1S/C40H66N8O19S/c1-18-13-48-33(34(18)57)38(61)42-12-22(52)10-24(41)35(58)43-30(19(2)51)39(62)47-15-23(53)11-25(47)36(59)44-31(28(56)8-20-4-5-26(54)29(9-20)67-68(64,65)66)37(60)45-32(40(48)63)27(55)6-7-46(3)14-21(16-49)17-50/h4-5,9,18-19,21-25,27-28,30-34,49-57,64-66H,6-8,10-17,41H2,1-3H3,(H,42,61)(H,43,58)(H,44,59)(H,45,60)/t18-,19+,22+,23+,24?,25-,27+,28+,30-,31-,32-,33-,34-/m0/s1. The van der Waals surface area contributed by atoms with Crippen molar-refractivity contribution in [3.05, 3.63) is 23.8 Å². The monoisotopic (exact) mass is 994 g/mol. The predicted molar refractivity (Wildman–Crippen MR) is 236 cm³/mol. The zero-order valence-corrected chi connectivity index (χ0v) is 38.5. The van der Waals surface area contributed by atoms with Gasteiger partial charge >= 0.3 is 0 Å². The first kappa shape index (κ1) is 56.1. The fourth-order valence-corrected chi connectivity index (χ4v) is 8.65. The van der Waals surface area contributed by atoms with E-state index < -0.39 is 175 Å². The van der Waals surface area contributed by atoms with Crippen molar-refractivity contribution < 1.29 is 92.6 Å². The van der Waals surface area contributed by atoms with E-state index in [4.69, 9.17) is 5.73 Å². The van der Waals surface area contributed by atoms with Gasteiger partial charge in [0, 0.05) is 70.6 Å². The Morgan fingerprint density at radius 1 is 0.824 bits per heavy atom. The number of hydrogen-bond donors (Lipinski definition) is 17. The summed E-state index contributed by atoms with van der Waals surface area (Å²) in [7, 11) is 1.58. The van der Waals surface area contributed by atoms with Gasteiger partial charge in [0.25, 0.3) is 11.2 Å². The van der Waals surface area contributed by atoms with E-state index >= 15 is 0 Å². The highest BCUT2D eigenvalue weighted by Crippen LogP contribution is 2.40. The van der Waals surface area contributed by atoms with Crippen molar-refractivity contribution >= 4 is 46.6 Å². The van der Waals surface area contributed by atoms with Crippen molar-refractivity contribution in [2.45, 2.75) is 112 Å². The molecule has 0 spiro atoms. The largest absolute Gasteiger partial charge is 0.504 e. The Balaban J connectivity index is 1.84. The van der Waals surface area contributed by atoms with Crippen LogP contribution in [0.5, 0.6) is 11.5 Å². The molecule has 1 aromatic carbocycles. The van der Waals surface area contributed by atoms with E-state index in [1.807, 2.05) is 0 Å². The van der Waals surface area contributed by atoms with Crippen molar-refractivity contribution in [3.8, 4) is 11.5 Å². The zero-order chi connectivity index (χ0) is 50.9.